The van der Waals surface area contributed by atoms with Gasteiger partial charge in [-0.05, 0) is 12.1 Å². The van der Waals surface area contributed by atoms with Gasteiger partial charge in [-0.3, -0.25) is 0 Å². The Hall–Kier alpha value is -2.08. The first-order valence-electron chi connectivity index (χ1n) is 6.77. The molecular formula is C14H15N3O3. The number of rotatable bonds is 2. The Morgan fingerprint density at radius 3 is 3.05 bits per heavy atom. The van der Waals surface area contributed by atoms with E-state index in [1.165, 1.54) is 0 Å². The Labute approximate surface area is 115 Å². The van der Waals surface area contributed by atoms with Crippen LogP contribution in [0.4, 0.5) is 5.82 Å². The molecule has 1 saturated heterocycles. The van der Waals surface area contributed by atoms with Crippen LogP contribution in [-0.4, -0.2) is 35.9 Å². The monoisotopic (exact) mass is 273 g/mol. The molecule has 0 saturated carbocycles. The van der Waals surface area contributed by atoms with Gasteiger partial charge in [0.05, 0.1) is 25.3 Å². The molecule has 2 aliphatic heterocycles. The summed E-state index contributed by atoms with van der Waals surface area (Å²) in [6.45, 7) is 1.99. The Morgan fingerprint density at radius 1 is 1.25 bits per heavy atom. The van der Waals surface area contributed by atoms with Crippen molar-refractivity contribution in [2.45, 2.75) is 18.9 Å². The summed E-state index contributed by atoms with van der Waals surface area (Å²) in [6, 6.07) is 4.15. The average molecular weight is 273 g/mol. The third-order valence-electron chi connectivity index (χ3n) is 3.71. The molecule has 0 amide bonds. The number of fused-ring (bicyclic) bond motifs is 3. The molecule has 3 heterocycles. The van der Waals surface area contributed by atoms with Crippen molar-refractivity contribution in [1.29, 1.82) is 0 Å². The SMILES string of the molecule is Nc1nc(O[C@H]2CCOC2)nc2c3c(ccc12)OCC3. The summed E-state index contributed by atoms with van der Waals surface area (Å²) >= 11 is 0. The summed E-state index contributed by atoms with van der Waals surface area (Å²) in [5.74, 6) is 1.32. The largest absolute Gasteiger partial charge is 0.493 e. The van der Waals surface area contributed by atoms with Crippen LogP contribution in [0.5, 0.6) is 11.8 Å². The van der Waals surface area contributed by atoms with E-state index in [2.05, 4.69) is 9.97 Å². The van der Waals surface area contributed by atoms with Gasteiger partial charge in [0.1, 0.15) is 17.7 Å². The molecule has 6 nitrogen and oxygen atoms in total. The Morgan fingerprint density at radius 2 is 2.20 bits per heavy atom. The van der Waals surface area contributed by atoms with Crippen molar-refractivity contribution in [3.8, 4) is 11.8 Å². The van der Waals surface area contributed by atoms with Gasteiger partial charge in [-0.25, -0.2) is 0 Å². The van der Waals surface area contributed by atoms with E-state index >= 15 is 0 Å². The molecule has 0 aliphatic carbocycles. The molecule has 1 fully saturated rings. The molecule has 0 spiro atoms. The number of hydrogen-bond acceptors (Lipinski definition) is 6. The number of aromatic nitrogens is 2. The number of nitrogens with two attached hydrogens (primary N) is 1. The first-order chi connectivity index (χ1) is 9.81. The normalized spacial score (nSPS) is 20.9. The highest BCUT2D eigenvalue weighted by Crippen LogP contribution is 2.34. The number of anilines is 1. The summed E-state index contributed by atoms with van der Waals surface area (Å²) < 4.78 is 16.6. The first kappa shape index (κ1) is 11.7. The van der Waals surface area contributed by atoms with Gasteiger partial charge in [-0.15, -0.1) is 0 Å². The third kappa shape index (κ3) is 1.84. The van der Waals surface area contributed by atoms with Crippen LogP contribution < -0.4 is 15.2 Å². The minimum Gasteiger partial charge on any atom is -0.493 e. The molecule has 2 aromatic rings. The summed E-state index contributed by atoms with van der Waals surface area (Å²) in [5.41, 5.74) is 7.94. The fourth-order valence-electron chi connectivity index (χ4n) is 2.68. The topological polar surface area (TPSA) is 79.5 Å². The molecule has 2 N–H and O–H groups in total. The first-order valence-corrected chi connectivity index (χ1v) is 6.77. The highest BCUT2D eigenvalue weighted by Gasteiger charge is 2.22. The molecule has 4 rings (SSSR count). The van der Waals surface area contributed by atoms with E-state index in [4.69, 9.17) is 19.9 Å². The maximum Gasteiger partial charge on any atom is 0.319 e. The molecule has 1 atom stereocenters. The van der Waals surface area contributed by atoms with Crippen LogP contribution in [0.15, 0.2) is 12.1 Å². The van der Waals surface area contributed by atoms with E-state index in [-0.39, 0.29) is 6.10 Å². The minimum absolute atomic E-state index is 0.0138. The average Bonchev–Trinajstić information content (AvgIpc) is 3.08. The lowest BCUT2D eigenvalue weighted by molar-refractivity contribution is 0.134. The fourth-order valence-corrected chi connectivity index (χ4v) is 2.68. The number of hydrogen-bond donors (Lipinski definition) is 1. The molecule has 6 heteroatoms. The van der Waals surface area contributed by atoms with Crippen molar-refractivity contribution < 1.29 is 14.2 Å². The number of ether oxygens (including phenoxy) is 3. The maximum absolute atomic E-state index is 6.02. The van der Waals surface area contributed by atoms with Crippen molar-refractivity contribution in [1.82, 2.24) is 9.97 Å². The molecule has 20 heavy (non-hydrogen) atoms. The van der Waals surface area contributed by atoms with Gasteiger partial charge in [-0.1, -0.05) is 0 Å². The summed E-state index contributed by atoms with van der Waals surface area (Å²) in [4.78, 5) is 8.76. The number of benzene rings is 1. The Balaban J connectivity index is 1.79. The van der Waals surface area contributed by atoms with Gasteiger partial charge in [0.15, 0.2) is 0 Å². The van der Waals surface area contributed by atoms with E-state index < -0.39 is 0 Å². The van der Waals surface area contributed by atoms with E-state index in [1.54, 1.807) is 0 Å². The van der Waals surface area contributed by atoms with Crippen LogP contribution in [0.3, 0.4) is 0 Å². The standard InChI is InChI=1S/C14H15N3O3/c15-13-10-1-2-11-9(4-6-19-11)12(10)16-14(17-13)20-8-3-5-18-7-8/h1-2,8H,3-7H2,(H2,15,16,17)/t8-/m0/s1. The van der Waals surface area contributed by atoms with Gasteiger partial charge in [0, 0.05) is 23.8 Å². The molecule has 2 aliphatic rings. The molecule has 1 aromatic heterocycles. The second-order valence-corrected chi connectivity index (χ2v) is 5.03. The van der Waals surface area contributed by atoms with Crippen LogP contribution in [-0.2, 0) is 11.2 Å². The third-order valence-corrected chi connectivity index (χ3v) is 3.71. The Bertz CT molecular complexity index is 668. The van der Waals surface area contributed by atoms with E-state index in [9.17, 15) is 0 Å². The van der Waals surface area contributed by atoms with E-state index in [0.717, 1.165) is 41.7 Å². The van der Waals surface area contributed by atoms with E-state index in [1.807, 2.05) is 12.1 Å². The molecule has 0 radical (unpaired) electrons. The van der Waals surface area contributed by atoms with Gasteiger partial charge < -0.3 is 19.9 Å². The van der Waals surface area contributed by atoms with Crippen LogP contribution in [0, 0.1) is 0 Å². The zero-order chi connectivity index (χ0) is 13.5. The van der Waals surface area contributed by atoms with Gasteiger partial charge in [0.25, 0.3) is 0 Å². The fraction of sp³-hybridized carbons (Fsp3) is 0.429. The Kier molecular flexibility index (Phi) is 2.63. The smallest absolute Gasteiger partial charge is 0.319 e. The lowest BCUT2D eigenvalue weighted by Gasteiger charge is -2.12. The number of nitrogens with zero attached hydrogens (tertiary/aromatic N) is 2. The zero-order valence-corrected chi connectivity index (χ0v) is 11.0. The summed E-state index contributed by atoms with van der Waals surface area (Å²) in [7, 11) is 0. The lowest BCUT2D eigenvalue weighted by Crippen LogP contribution is -2.17. The molecule has 0 unspecified atom stereocenters. The van der Waals surface area contributed by atoms with Gasteiger partial charge in [-0.2, -0.15) is 9.97 Å². The van der Waals surface area contributed by atoms with Crippen LogP contribution in [0.25, 0.3) is 10.9 Å². The maximum atomic E-state index is 6.02. The predicted molar refractivity (Wildman–Crippen MR) is 73.0 cm³/mol. The van der Waals surface area contributed by atoms with Crippen molar-refractivity contribution in [2.75, 3.05) is 25.6 Å². The highest BCUT2D eigenvalue weighted by molar-refractivity contribution is 5.92. The van der Waals surface area contributed by atoms with Crippen LogP contribution in [0.1, 0.15) is 12.0 Å². The molecule has 104 valence electrons. The van der Waals surface area contributed by atoms with E-state index in [0.29, 0.717) is 25.0 Å². The van der Waals surface area contributed by atoms with Crippen LogP contribution >= 0.6 is 0 Å². The second kappa shape index (κ2) is 4.49. The van der Waals surface area contributed by atoms with Gasteiger partial charge >= 0.3 is 6.01 Å². The second-order valence-electron chi connectivity index (χ2n) is 5.03. The molecular weight excluding hydrogens is 258 g/mol. The van der Waals surface area contributed by atoms with Crippen LogP contribution in [0.2, 0.25) is 0 Å². The van der Waals surface area contributed by atoms with Crippen molar-refractivity contribution in [3.05, 3.63) is 17.7 Å². The predicted octanol–water partition coefficient (Wildman–Crippen LogP) is 1.31. The molecule has 0 bridgehead atoms. The minimum atomic E-state index is 0.0138. The number of nitrogen functional groups attached to an aromatic ring is 1. The molecule has 1 aromatic carbocycles. The summed E-state index contributed by atoms with van der Waals surface area (Å²) in [6.07, 6.45) is 1.71. The van der Waals surface area contributed by atoms with Crippen molar-refractivity contribution in [2.24, 2.45) is 0 Å². The zero-order valence-electron chi connectivity index (χ0n) is 11.0. The lowest BCUT2D eigenvalue weighted by atomic mass is 10.1. The van der Waals surface area contributed by atoms with Crippen molar-refractivity contribution in [3.63, 3.8) is 0 Å². The highest BCUT2D eigenvalue weighted by atomic mass is 16.6. The summed E-state index contributed by atoms with van der Waals surface area (Å²) in [5, 5.41) is 0.851. The quantitative estimate of drug-likeness (QED) is 0.888. The van der Waals surface area contributed by atoms with Crippen molar-refractivity contribution >= 4 is 16.7 Å². The van der Waals surface area contributed by atoms with Gasteiger partial charge in [0.2, 0.25) is 0 Å².